The van der Waals surface area contributed by atoms with Gasteiger partial charge in [-0.1, -0.05) is 32.9 Å². The van der Waals surface area contributed by atoms with Gasteiger partial charge in [0.15, 0.2) is 5.78 Å². The number of Topliss-reactive ketones (excluding diaryl/α,β-unsaturated/α-hetero) is 1. The Labute approximate surface area is 103 Å². The monoisotopic (exact) mass is 232 g/mol. The van der Waals surface area contributed by atoms with Crippen LogP contribution in [-0.4, -0.2) is 11.9 Å². The fraction of sp³-hybridized carbons (Fsp3) is 0.533. The molecule has 0 amide bonds. The highest BCUT2D eigenvalue weighted by atomic mass is 16.5. The predicted molar refractivity (Wildman–Crippen MR) is 68.9 cm³/mol. The summed E-state index contributed by atoms with van der Waals surface area (Å²) in [6.45, 7) is 10.4. The van der Waals surface area contributed by atoms with Gasteiger partial charge in [-0.05, 0) is 24.8 Å². The number of ketones is 1. The molecule has 0 saturated carbocycles. The smallest absolute Gasteiger partial charge is 0.170 e. The van der Waals surface area contributed by atoms with E-state index in [0.29, 0.717) is 6.42 Å². The molecule has 0 bridgehead atoms. The summed E-state index contributed by atoms with van der Waals surface area (Å²) in [5.74, 6) is 1.02. The Balaban J connectivity index is 2.67. The molecule has 1 unspecified atom stereocenters. The van der Waals surface area contributed by atoms with Gasteiger partial charge < -0.3 is 4.74 Å². The topological polar surface area (TPSA) is 26.3 Å². The Hall–Kier alpha value is -1.31. The average Bonchev–Trinajstić information content (AvgIpc) is 2.14. The Bertz CT molecular complexity index is 467. The first-order chi connectivity index (χ1) is 7.80. The maximum absolute atomic E-state index is 12.1. The summed E-state index contributed by atoms with van der Waals surface area (Å²) in [6, 6.07) is 4.11. The van der Waals surface area contributed by atoms with Gasteiger partial charge >= 0.3 is 0 Å². The minimum atomic E-state index is -0.0158. The van der Waals surface area contributed by atoms with Crippen LogP contribution in [0, 0.1) is 6.92 Å². The first kappa shape index (κ1) is 12.2. The summed E-state index contributed by atoms with van der Waals surface area (Å²) >= 11 is 0. The minimum Gasteiger partial charge on any atom is -0.489 e. The van der Waals surface area contributed by atoms with E-state index in [2.05, 4.69) is 26.8 Å². The minimum absolute atomic E-state index is 0.00484. The van der Waals surface area contributed by atoms with Crippen LogP contribution in [0.25, 0.3) is 0 Å². The quantitative estimate of drug-likeness (QED) is 0.682. The lowest BCUT2D eigenvalue weighted by Gasteiger charge is -2.30. The largest absolute Gasteiger partial charge is 0.489 e. The van der Waals surface area contributed by atoms with E-state index >= 15 is 0 Å². The van der Waals surface area contributed by atoms with Crippen LogP contribution in [0.5, 0.6) is 5.75 Å². The summed E-state index contributed by atoms with van der Waals surface area (Å²) in [5.41, 5.74) is 2.92. The Kier molecular flexibility index (Phi) is 2.76. The molecule has 92 valence electrons. The van der Waals surface area contributed by atoms with Crippen molar-refractivity contribution in [3.63, 3.8) is 0 Å². The van der Waals surface area contributed by atoms with Crippen LogP contribution >= 0.6 is 0 Å². The van der Waals surface area contributed by atoms with Crippen molar-refractivity contribution < 1.29 is 9.53 Å². The van der Waals surface area contributed by atoms with E-state index in [1.165, 1.54) is 0 Å². The number of ether oxygens (including phenoxy) is 1. The molecule has 1 aromatic rings. The maximum Gasteiger partial charge on any atom is 0.170 e. The zero-order valence-corrected chi connectivity index (χ0v) is 11.3. The van der Waals surface area contributed by atoms with Crippen molar-refractivity contribution in [3.8, 4) is 5.75 Å². The zero-order chi connectivity index (χ0) is 12.8. The summed E-state index contributed by atoms with van der Waals surface area (Å²) < 4.78 is 5.92. The van der Waals surface area contributed by atoms with Gasteiger partial charge in [-0.25, -0.2) is 0 Å². The summed E-state index contributed by atoms with van der Waals surface area (Å²) in [4.78, 5) is 12.1. The molecule has 17 heavy (non-hydrogen) atoms. The van der Waals surface area contributed by atoms with Crippen molar-refractivity contribution in [2.45, 2.75) is 52.6 Å². The van der Waals surface area contributed by atoms with E-state index in [1.807, 2.05) is 19.9 Å². The number of carbonyl (C=O) groups is 1. The molecular formula is C15H20O2. The summed E-state index contributed by atoms with van der Waals surface area (Å²) in [6.07, 6.45) is 0.472. The van der Waals surface area contributed by atoms with Crippen LogP contribution in [0.15, 0.2) is 12.1 Å². The fourth-order valence-corrected chi connectivity index (χ4v) is 2.35. The number of hydrogen-bond donors (Lipinski definition) is 0. The summed E-state index contributed by atoms with van der Waals surface area (Å²) in [5, 5.41) is 0. The van der Waals surface area contributed by atoms with Crippen LogP contribution in [-0.2, 0) is 5.41 Å². The molecule has 2 heteroatoms. The Morgan fingerprint density at radius 3 is 2.53 bits per heavy atom. The van der Waals surface area contributed by atoms with Crippen LogP contribution in [0.2, 0.25) is 0 Å². The number of rotatable bonds is 0. The number of fused-ring (bicyclic) bond motifs is 1. The molecular weight excluding hydrogens is 212 g/mol. The maximum atomic E-state index is 12.1. The van der Waals surface area contributed by atoms with Gasteiger partial charge in [-0.2, -0.15) is 0 Å². The number of carbonyl (C=O) groups excluding carboxylic acids is 1. The fourth-order valence-electron chi connectivity index (χ4n) is 2.35. The standard InChI is InChI=1S/C15H20O2/c1-9-6-7-11(15(3,4)5)14-13(9)12(16)8-10(2)17-14/h6-7,10H,8H2,1-5H3. The van der Waals surface area contributed by atoms with E-state index in [-0.39, 0.29) is 17.3 Å². The van der Waals surface area contributed by atoms with Gasteiger partial charge in [-0.3, -0.25) is 4.79 Å². The van der Waals surface area contributed by atoms with E-state index in [4.69, 9.17) is 4.74 Å². The molecule has 0 aromatic heterocycles. The molecule has 1 atom stereocenters. The average molecular weight is 232 g/mol. The van der Waals surface area contributed by atoms with Gasteiger partial charge in [0.25, 0.3) is 0 Å². The first-order valence-corrected chi connectivity index (χ1v) is 6.14. The molecule has 0 spiro atoms. The molecule has 1 aliphatic rings. The van der Waals surface area contributed by atoms with E-state index in [1.54, 1.807) is 0 Å². The molecule has 0 aliphatic carbocycles. The lowest BCUT2D eigenvalue weighted by Crippen LogP contribution is -2.27. The SMILES string of the molecule is Cc1ccc(C(C)(C)C)c2c1C(=O)CC(C)O2. The third-order valence-corrected chi connectivity index (χ3v) is 3.24. The van der Waals surface area contributed by atoms with E-state index in [0.717, 1.165) is 22.4 Å². The molecule has 0 fully saturated rings. The number of aryl methyl sites for hydroxylation is 1. The van der Waals surface area contributed by atoms with Crippen LogP contribution in [0.1, 0.15) is 55.6 Å². The second-order valence-corrected chi connectivity index (χ2v) is 5.94. The van der Waals surface area contributed by atoms with Crippen molar-refractivity contribution in [1.29, 1.82) is 0 Å². The Morgan fingerprint density at radius 2 is 1.94 bits per heavy atom. The van der Waals surface area contributed by atoms with Crippen LogP contribution in [0.3, 0.4) is 0 Å². The molecule has 0 N–H and O–H groups in total. The van der Waals surface area contributed by atoms with Gasteiger partial charge in [-0.15, -0.1) is 0 Å². The van der Waals surface area contributed by atoms with E-state index < -0.39 is 0 Å². The second-order valence-electron chi connectivity index (χ2n) is 5.94. The molecule has 1 aliphatic heterocycles. The van der Waals surface area contributed by atoms with Crippen molar-refractivity contribution in [2.24, 2.45) is 0 Å². The molecule has 0 radical (unpaired) electrons. The second kappa shape index (κ2) is 3.86. The molecule has 1 aromatic carbocycles. The third kappa shape index (κ3) is 2.08. The molecule has 0 saturated heterocycles. The van der Waals surface area contributed by atoms with Crippen molar-refractivity contribution >= 4 is 5.78 Å². The molecule has 1 heterocycles. The van der Waals surface area contributed by atoms with Gasteiger partial charge in [0.1, 0.15) is 11.9 Å². The van der Waals surface area contributed by atoms with Crippen molar-refractivity contribution in [1.82, 2.24) is 0 Å². The normalized spacial score (nSPS) is 19.8. The van der Waals surface area contributed by atoms with Crippen molar-refractivity contribution in [2.75, 3.05) is 0 Å². The highest BCUT2D eigenvalue weighted by Gasteiger charge is 2.30. The highest BCUT2D eigenvalue weighted by Crippen LogP contribution is 2.39. The predicted octanol–water partition coefficient (Wildman–Crippen LogP) is 3.65. The van der Waals surface area contributed by atoms with E-state index in [9.17, 15) is 4.79 Å². The summed E-state index contributed by atoms with van der Waals surface area (Å²) in [7, 11) is 0. The molecule has 2 rings (SSSR count). The van der Waals surface area contributed by atoms with Crippen molar-refractivity contribution in [3.05, 3.63) is 28.8 Å². The number of hydrogen-bond acceptors (Lipinski definition) is 2. The van der Waals surface area contributed by atoms with Gasteiger partial charge in [0, 0.05) is 12.0 Å². The first-order valence-electron chi connectivity index (χ1n) is 6.14. The lowest BCUT2D eigenvalue weighted by molar-refractivity contribution is 0.0866. The highest BCUT2D eigenvalue weighted by molar-refractivity contribution is 6.01. The van der Waals surface area contributed by atoms with Gasteiger partial charge in [0.05, 0.1) is 5.56 Å². The van der Waals surface area contributed by atoms with Gasteiger partial charge in [0.2, 0.25) is 0 Å². The molecule has 2 nitrogen and oxygen atoms in total. The Morgan fingerprint density at radius 1 is 1.29 bits per heavy atom. The van der Waals surface area contributed by atoms with Crippen LogP contribution in [0.4, 0.5) is 0 Å². The zero-order valence-electron chi connectivity index (χ0n) is 11.3. The lowest BCUT2D eigenvalue weighted by atomic mass is 9.82. The third-order valence-electron chi connectivity index (χ3n) is 3.24. The number of benzene rings is 1. The van der Waals surface area contributed by atoms with Crippen LogP contribution < -0.4 is 4.74 Å².